The van der Waals surface area contributed by atoms with Gasteiger partial charge in [0.2, 0.25) is 0 Å². The number of alkyl halides is 3. The van der Waals surface area contributed by atoms with Crippen molar-refractivity contribution in [3.63, 3.8) is 0 Å². The van der Waals surface area contributed by atoms with Crippen molar-refractivity contribution in [2.24, 2.45) is 17.8 Å². The summed E-state index contributed by atoms with van der Waals surface area (Å²) in [6, 6.07) is -2.77. The second kappa shape index (κ2) is 7.19. The molecule has 128 valence electrons. The third kappa shape index (κ3) is 4.78. The minimum absolute atomic E-state index is 0.0589. The first kappa shape index (κ1) is 18.6. The molecule has 8 heteroatoms. The summed E-state index contributed by atoms with van der Waals surface area (Å²) in [5.74, 6) is -2.57. The Labute approximate surface area is 127 Å². The van der Waals surface area contributed by atoms with Crippen molar-refractivity contribution >= 4 is 12.0 Å². The van der Waals surface area contributed by atoms with Crippen LogP contribution in [0.25, 0.3) is 0 Å². The van der Waals surface area contributed by atoms with Crippen LogP contribution < -0.4 is 5.32 Å². The predicted molar refractivity (Wildman–Crippen MR) is 74.3 cm³/mol. The summed E-state index contributed by atoms with van der Waals surface area (Å²) in [7, 11) is 0. The highest BCUT2D eigenvalue weighted by Gasteiger charge is 2.44. The monoisotopic (exact) mass is 324 g/mol. The molecule has 0 radical (unpaired) electrons. The molecule has 0 aromatic rings. The summed E-state index contributed by atoms with van der Waals surface area (Å²) in [4.78, 5) is 24.4. The third-order valence-corrected chi connectivity index (χ3v) is 4.14. The van der Waals surface area contributed by atoms with Crippen molar-refractivity contribution < 1.29 is 27.9 Å². The number of hydrogen-bond acceptors (Lipinski definition) is 2. The molecule has 22 heavy (non-hydrogen) atoms. The second-order valence-electron chi connectivity index (χ2n) is 6.14. The van der Waals surface area contributed by atoms with E-state index in [1.54, 1.807) is 13.8 Å². The molecule has 2 N–H and O–H groups in total. The van der Waals surface area contributed by atoms with Gasteiger partial charge < -0.3 is 15.3 Å². The van der Waals surface area contributed by atoms with Gasteiger partial charge in [-0.15, -0.1) is 0 Å². The maximum Gasteiger partial charge on any atom is 0.408 e. The number of carboxylic acid groups (broad SMARTS) is 1. The van der Waals surface area contributed by atoms with Gasteiger partial charge in [-0.05, 0) is 18.3 Å². The Balaban J connectivity index is 2.79. The fraction of sp³-hybridized carbons (Fsp3) is 0.857. The Morgan fingerprint density at radius 1 is 1.36 bits per heavy atom. The summed E-state index contributed by atoms with van der Waals surface area (Å²) >= 11 is 0. The number of carbonyl (C=O) groups is 2. The Kier molecular flexibility index (Phi) is 6.08. The molecule has 1 saturated heterocycles. The van der Waals surface area contributed by atoms with Crippen LogP contribution in [0.2, 0.25) is 0 Å². The minimum Gasteiger partial charge on any atom is -0.481 e. The maximum absolute atomic E-state index is 13.0. The molecule has 1 aliphatic heterocycles. The largest absolute Gasteiger partial charge is 0.481 e. The van der Waals surface area contributed by atoms with Crippen molar-refractivity contribution in [1.82, 2.24) is 10.2 Å². The number of piperidine rings is 1. The van der Waals surface area contributed by atoms with Crippen molar-refractivity contribution in [2.45, 2.75) is 45.8 Å². The van der Waals surface area contributed by atoms with E-state index in [0.717, 1.165) is 0 Å². The molecule has 5 nitrogen and oxygen atoms in total. The standard InChI is InChI=1S/C14H23F3N2O3/c1-4-9(3)11(14(15,16)17)18-13(22)19-6-8(2)5-10(7-19)12(20)21/h8-11H,4-7H2,1-3H3,(H,18,22)(H,20,21). The number of carboxylic acids is 1. The molecule has 0 aromatic carbocycles. The lowest BCUT2D eigenvalue weighted by atomic mass is 9.90. The van der Waals surface area contributed by atoms with Gasteiger partial charge in [0, 0.05) is 13.1 Å². The van der Waals surface area contributed by atoms with E-state index >= 15 is 0 Å². The van der Waals surface area contributed by atoms with E-state index in [9.17, 15) is 22.8 Å². The summed E-state index contributed by atoms with van der Waals surface area (Å²) in [6.45, 7) is 5.04. The number of amides is 2. The highest BCUT2D eigenvalue weighted by Crippen LogP contribution is 2.28. The Bertz CT molecular complexity index is 415. The molecule has 1 fully saturated rings. The molecule has 4 unspecified atom stereocenters. The van der Waals surface area contributed by atoms with Crippen LogP contribution in [0.5, 0.6) is 0 Å². The second-order valence-corrected chi connectivity index (χ2v) is 6.14. The molecule has 2 amide bonds. The van der Waals surface area contributed by atoms with Gasteiger partial charge in [0.25, 0.3) is 0 Å². The van der Waals surface area contributed by atoms with Gasteiger partial charge in [-0.3, -0.25) is 4.79 Å². The SMILES string of the molecule is CCC(C)C(NC(=O)N1CC(C)CC(C(=O)O)C1)C(F)(F)F. The van der Waals surface area contributed by atoms with Gasteiger partial charge in [-0.1, -0.05) is 27.2 Å². The number of hydrogen-bond donors (Lipinski definition) is 2. The number of nitrogens with one attached hydrogen (secondary N) is 1. The highest BCUT2D eigenvalue weighted by atomic mass is 19.4. The number of likely N-dealkylation sites (tertiary alicyclic amines) is 1. The average Bonchev–Trinajstić information content (AvgIpc) is 2.41. The molecule has 1 heterocycles. The van der Waals surface area contributed by atoms with Crippen LogP contribution in [-0.4, -0.2) is 47.3 Å². The van der Waals surface area contributed by atoms with Gasteiger partial charge in [0.1, 0.15) is 6.04 Å². The van der Waals surface area contributed by atoms with Crippen LogP contribution in [0.3, 0.4) is 0 Å². The Morgan fingerprint density at radius 2 is 1.95 bits per heavy atom. The van der Waals surface area contributed by atoms with Crippen molar-refractivity contribution in [3.8, 4) is 0 Å². The van der Waals surface area contributed by atoms with E-state index < -0.39 is 36.1 Å². The first-order chi connectivity index (χ1) is 10.1. The van der Waals surface area contributed by atoms with E-state index in [2.05, 4.69) is 0 Å². The Hall–Kier alpha value is -1.47. The quantitative estimate of drug-likeness (QED) is 0.835. The molecule has 0 bridgehead atoms. The average molecular weight is 324 g/mol. The van der Waals surface area contributed by atoms with Gasteiger partial charge in [-0.2, -0.15) is 13.2 Å². The lowest BCUT2D eigenvalue weighted by Gasteiger charge is -2.36. The first-order valence-electron chi connectivity index (χ1n) is 7.41. The van der Waals surface area contributed by atoms with Crippen molar-refractivity contribution in [1.29, 1.82) is 0 Å². The van der Waals surface area contributed by atoms with Crippen molar-refractivity contribution in [3.05, 3.63) is 0 Å². The molecular formula is C14H23F3N2O3. The van der Waals surface area contributed by atoms with Crippen LogP contribution in [0.1, 0.15) is 33.6 Å². The fourth-order valence-corrected chi connectivity index (χ4v) is 2.70. The molecule has 0 aromatic heterocycles. The molecule has 0 aliphatic carbocycles. The van der Waals surface area contributed by atoms with Crippen LogP contribution in [-0.2, 0) is 4.79 Å². The molecule has 1 aliphatic rings. The van der Waals surface area contributed by atoms with E-state index in [-0.39, 0.29) is 25.4 Å². The lowest BCUT2D eigenvalue weighted by Crippen LogP contribution is -2.56. The Morgan fingerprint density at radius 3 is 2.41 bits per heavy atom. The summed E-state index contributed by atoms with van der Waals surface area (Å²) in [5.41, 5.74) is 0. The van der Waals surface area contributed by atoms with E-state index in [0.29, 0.717) is 6.42 Å². The zero-order chi connectivity index (χ0) is 17.1. The smallest absolute Gasteiger partial charge is 0.408 e. The maximum atomic E-state index is 13.0. The third-order valence-electron chi connectivity index (χ3n) is 4.14. The topological polar surface area (TPSA) is 69.6 Å². The summed E-state index contributed by atoms with van der Waals surface area (Å²) in [5, 5.41) is 11.1. The number of rotatable bonds is 4. The molecule has 1 rings (SSSR count). The van der Waals surface area contributed by atoms with E-state index in [1.807, 2.05) is 5.32 Å². The van der Waals surface area contributed by atoms with Gasteiger partial charge >= 0.3 is 18.2 Å². The van der Waals surface area contributed by atoms with Crippen LogP contribution in [0.15, 0.2) is 0 Å². The zero-order valence-electron chi connectivity index (χ0n) is 13.0. The fourth-order valence-electron chi connectivity index (χ4n) is 2.70. The number of carbonyl (C=O) groups excluding carboxylic acids is 1. The zero-order valence-corrected chi connectivity index (χ0v) is 13.0. The van der Waals surface area contributed by atoms with Crippen LogP contribution >= 0.6 is 0 Å². The lowest BCUT2D eigenvalue weighted by molar-refractivity contribution is -0.164. The molecule has 0 spiro atoms. The van der Waals surface area contributed by atoms with Gasteiger partial charge in [0.15, 0.2) is 0 Å². The predicted octanol–water partition coefficient (Wildman–Crippen LogP) is 2.72. The summed E-state index contributed by atoms with van der Waals surface area (Å²) < 4.78 is 39.1. The number of aliphatic carboxylic acids is 1. The van der Waals surface area contributed by atoms with Crippen LogP contribution in [0, 0.1) is 17.8 Å². The number of nitrogens with zero attached hydrogens (tertiary/aromatic N) is 1. The summed E-state index contributed by atoms with van der Waals surface area (Å²) in [6.07, 6.45) is -3.83. The van der Waals surface area contributed by atoms with Crippen molar-refractivity contribution in [2.75, 3.05) is 13.1 Å². The molecular weight excluding hydrogens is 301 g/mol. The van der Waals surface area contributed by atoms with Gasteiger partial charge in [0.05, 0.1) is 5.92 Å². The van der Waals surface area contributed by atoms with Gasteiger partial charge in [-0.25, -0.2) is 4.79 Å². The molecule has 0 saturated carbocycles. The number of urea groups is 1. The van der Waals surface area contributed by atoms with E-state index in [1.165, 1.54) is 11.8 Å². The first-order valence-corrected chi connectivity index (χ1v) is 7.41. The van der Waals surface area contributed by atoms with E-state index in [4.69, 9.17) is 5.11 Å². The normalized spacial score (nSPS) is 25.5. The minimum atomic E-state index is -4.53. The molecule has 4 atom stereocenters. The highest BCUT2D eigenvalue weighted by molar-refractivity contribution is 5.77. The van der Waals surface area contributed by atoms with Crippen LogP contribution in [0.4, 0.5) is 18.0 Å². The number of halogens is 3.